The van der Waals surface area contributed by atoms with Crippen molar-refractivity contribution >= 4 is 11.8 Å². The lowest BCUT2D eigenvalue weighted by molar-refractivity contribution is -0.207. The number of piperidine rings is 1. The molecule has 1 spiro atoms. The van der Waals surface area contributed by atoms with Gasteiger partial charge in [0.1, 0.15) is 11.9 Å². The van der Waals surface area contributed by atoms with E-state index in [4.69, 9.17) is 9.26 Å². The fraction of sp³-hybridized carbons (Fsp3) is 0.750. The van der Waals surface area contributed by atoms with Gasteiger partial charge in [0.15, 0.2) is 0 Å². The first-order chi connectivity index (χ1) is 13.2. The molecule has 2 aliphatic rings. The zero-order valence-corrected chi connectivity index (χ0v) is 17.2. The van der Waals surface area contributed by atoms with Crippen molar-refractivity contribution in [3.8, 4) is 0 Å². The summed E-state index contributed by atoms with van der Waals surface area (Å²) in [7, 11) is 0. The van der Waals surface area contributed by atoms with Crippen LogP contribution < -0.4 is 5.32 Å². The summed E-state index contributed by atoms with van der Waals surface area (Å²) in [5, 5.41) is 18.1. The number of nitrogens with zero attached hydrogens (tertiary/aromatic N) is 2. The predicted octanol–water partition coefficient (Wildman–Crippen LogP) is 1.26. The van der Waals surface area contributed by atoms with Crippen LogP contribution in [0.25, 0.3) is 0 Å². The third kappa shape index (κ3) is 3.93. The number of hydrogen-bond acceptors (Lipinski definition) is 6. The Hall–Kier alpha value is -1.93. The van der Waals surface area contributed by atoms with E-state index in [9.17, 15) is 14.7 Å². The summed E-state index contributed by atoms with van der Waals surface area (Å²) >= 11 is 0. The van der Waals surface area contributed by atoms with E-state index in [0.29, 0.717) is 51.8 Å². The summed E-state index contributed by atoms with van der Waals surface area (Å²) in [4.78, 5) is 26.0. The van der Waals surface area contributed by atoms with Gasteiger partial charge < -0.3 is 24.6 Å². The minimum Gasteiger partial charge on any atom is -0.388 e. The van der Waals surface area contributed by atoms with Crippen LogP contribution in [-0.4, -0.2) is 63.9 Å². The van der Waals surface area contributed by atoms with E-state index in [2.05, 4.69) is 10.5 Å². The molecular formula is C20H31N3O5. The molecule has 2 aliphatic heterocycles. The average Bonchev–Trinajstić information content (AvgIpc) is 2.96. The van der Waals surface area contributed by atoms with Crippen LogP contribution in [0.5, 0.6) is 0 Å². The standard InChI is InChI=1S/C20H31N3O5/c1-13-16(14(2)28-22-13)5-6-17(25)21-19(4)9-12-27-20(18(19)26)7-10-23(11-8-20)15(3)24/h18,26H,5-12H2,1-4H3,(H,21,25)/t18-,19+/m1/s1. The normalized spacial score (nSPS) is 27.0. The molecule has 2 amide bonds. The van der Waals surface area contributed by atoms with Crippen molar-refractivity contribution in [2.24, 2.45) is 0 Å². The van der Waals surface area contributed by atoms with Gasteiger partial charge in [-0.3, -0.25) is 9.59 Å². The molecule has 2 saturated heterocycles. The number of aromatic nitrogens is 1. The van der Waals surface area contributed by atoms with Crippen molar-refractivity contribution in [1.82, 2.24) is 15.4 Å². The van der Waals surface area contributed by atoms with E-state index in [-0.39, 0.29) is 11.8 Å². The summed E-state index contributed by atoms with van der Waals surface area (Å²) in [6, 6.07) is 0. The predicted molar refractivity (Wildman–Crippen MR) is 102 cm³/mol. The number of carbonyl (C=O) groups excluding carboxylic acids is 2. The van der Waals surface area contributed by atoms with E-state index in [1.54, 1.807) is 11.8 Å². The van der Waals surface area contributed by atoms with Crippen molar-refractivity contribution in [1.29, 1.82) is 0 Å². The summed E-state index contributed by atoms with van der Waals surface area (Å²) in [5.41, 5.74) is 0.292. The first-order valence-corrected chi connectivity index (χ1v) is 9.97. The molecule has 0 saturated carbocycles. The second kappa shape index (κ2) is 7.83. The monoisotopic (exact) mass is 393 g/mol. The number of carbonyl (C=O) groups is 2. The van der Waals surface area contributed by atoms with Crippen LogP contribution in [0.3, 0.4) is 0 Å². The Bertz CT molecular complexity index is 719. The van der Waals surface area contributed by atoms with Crippen molar-refractivity contribution in [3.05, 3.63) is 17.0 Å². The number of aryl methyl sites for hydroxylation is 2. The third-order valence-electron chi connectivity index (χ3n) is 6.38. The van der Waals surface area contributed by atoms with Crippen LogP contribution in [0.15, 0.2) is 4.52 Å². The number of aliphatic hydroxyl groups is 1. The van der Waals surface area contributed by atoms with Gasteiger partial charge in [-0.2, -0.15) is 0 Å². The van der Waals surface area contributed by atoms with Crippen LogP contribution >= 0.6 is 0 Å². The van der Waals surface area contributed by atoms with Crippen LogP contribution in [0.4, 0.5) is 0 Å². The Kier molecular flexibility index (Phi) is 5.82. The Morgan fingerprint density at radius 2 is 1.96 bits per heavy atom. The Labute approximate surface area is 165 Å². The smallest absolute Gasteiger partial charge is 0.220 e. The maximum absolute atomic E-state index is 12.6. The quantitative estimate of drug-likeness (QED) is 0.798. The van der Waals surface area contributed by atoms with Gasteiger partial charge in [-0.1, -0.05) is 5.16 Å². The molecule has 2 fully saturated rings. The molecule has 2 N–H and O–H groups in total. The van der Waals surface area contributed by atoms with Gasteiger partial charge in [0.25, 0.3) is 0 Å². The highest BCUT2D eigenvalue weighted by molar-refractivity contribution is 5.77. The molecular weight excluding hydrogens is 362 g/mol. The van der Waals surface area contributed by atoms with Crippen LogP contribution in [0.1, 0.15) is 56.5 Å². The van der Waals surface area contributed by atoms with Crippen molar-refractivity contribution in [2.45, 2.75) is 77.0 Å². The zero-order chi connectivity index (χ0) is 20.5. The van der Waals surface area contributed by atoms with Crippen LogP contribution in [0, 0.1) is 13.8 Å². The average molecular weight is 393 g/mol. The Morgan fingerprint density at radius 1 is 1.29 bits per heavy atom. The molecule has 0 bridgehead atoms. The summed E-state index contributed by atoms with van der Waals surface area (Å²) < 4.78 is 11.2. The van der Waals surface area contributed by atoms with Gasteiger partial charge in [-0.15, -0.1) is 0 Å². The van der Waals surface area contributed by atoms with Gasteiger partial charge in [-0.25, -0.2) is 0 Å². The number of amides is 2. The maximum Gasteiger partial charge on any atom is 0.220 e. The number of aliphatic hydroxyl groups excluding tert-OH is 1. The highest BCUT2D eigenvalue weighted by Gasteiger charge is 2.53. The molecule has 28 heavy (non-hydrogen) atoms. The first kappa shape index (κ1) is 20.8. The zero-order valence-electron chi connectivity index (χ0n) is 17.2. The number of likely N-dealkylation sites (tertiary alicyclic amines) is 1. The van der Waals surface area contributed by atoms with E-state index in [1.807, 2.05) is 20.8 Å². The Balaban J connectivity index is 1.62. The lowest BCUT2D eigenvalue weighted by Crippen LogP contribution is -2.69. The molecule has 0 radical (unpaired) electrons. The molecule has 2 atom stereocenters. The Morgan fingerprint density at radius 3 is 2.54 bits per heavy atom. The summed E-state index contributed by atoms with van der Waals surface area (Å²) in [6.45, 7) is 8.73. The molecule has 8 nitrogen and oxygen atoms in total. The lowest BCUT2D eigenvalue weighted by Gasteiger charge is -2.53. The molecule has 8 heteroatoms. The third-order valence-corrected chi connectivity index (χ3v) is 6.38. The fourth-order valence-corrected chi connectivity index (χ4v) is 4.49. The summed E-state index contributed by atoms with van der Waals surface area (Å²) in [5.74, 6) is 0.661. The second-order valence-corrected chi connectivity index (χ2v) is 8.34. The molecule has 0 aliphatic carbocycles. The largest absolute Gasteiger partial charge is 0.388 e. The van der Waals surface area contributed by atoms with Gasteiger partial charge in [0.05, 0.1) is 16.8 Å². The number of rotatable bonds is 4. The molecule has 1 aromatic heterocycles. The van der Waals surface area contributed by atoms with E-state index in [0.717, 1.165) is 17.0 Å². The van der Waals surface area contributed by atoms with Crippen LogP contribution in [-0.2, 0) is 20.7 Å². The van der Waals surface area contributed by atoms with Gasteiger partial charge >= 0.3 is 0 Å². The number of ether oxygens (including phenoxy) is 1. The van der Waals surface area contributed by atoms with E-state index in [1.165, 1.54) is 0 Å². The van der Waals surface area contributed by atoms with E-state index >= 15 is 0 Å². The second-order valence-electron chi connectivity index (χ2n) is 8.34. The summed E-state index contributed by atoms with van der Waals surface area (Å²) in [6.07, 6.45) is 1.71. The molecule has 3 rings (SSSR count). The molecule has 0 unspecified atom stereocenters. The highest BCUT2D eigenvalue weighted by Crippen LogP contribution is 2.40. The van der Waals surface area contributed by atoms with Gasteiger partial charge in [0.2, 0.25) is 11.8 Å². The maximum atomic E-state index is 12.6. The van der Waals surface area contributed by atoms with Crippen molar-refractivity contribution < 1.29 is 24.0 Å². The first-order valence-electron chi connectivity index (χ1n) is 9.97. The molecule has 3 heterocycles. The minimum atomic E-state index is -0.828. The molecule has 156 valence electrons. The van der Waals surface area contributed by atoms with Crippen molar-refractivity contribution in [2.75, 3.05) is 19.7 Å². The number of hydrogen-bond donors (Lipinski definition) is 2. The van der Waals surface area contributed by atoms with E-state index < -0.39 is 17.2 Å². The van der Waals surface area contributed by atoms with Gasteiger partial charge in [0, 0.05) is 38.6 Å². The van der Waals surface area contributed by atoms with Crippen molar-refractivity contribution in [3.63, 3.8) is 0 Å². The number of nitrogens with one attached hydrogen (secondary N) is 1. The van der Waals surface area contributed by atoms with Gasteiger partial charge in [-0.05, 0) is 46.5 Å². The molecule has 0 aromatic carbocycles. The SMILES string of the molecule is CC(=O)N1CCC2(CC1)OCC[C@](C)(NC(=O)CCc1c(C)noc1C)[C@H]2O. The minimum absolute atomic E-state index is 0.0375. The fourth-order valence-electron chi connectivity index (χ4n) is 4.49. The topological polar surface area (TPSA) is 105 Å². The van der Waals surface area contributed by atoms with Crippen LogP contribution in [0.2, 0.25) is 0 Å². The lowest BCUT2D eigenvalue weighted by atomic mass is 9.73. The molecule has 1 aromatic rings. The highest BCUT2D eigenvalue weighted by atomic mass is 16.5.